The lowest BCUT2D eigenvalue weighted by Crippen LogP contribution is -2.31. The summed E-state index contributed by atoms with van der Waals surface area (Å²) < 4.78 is 5.42. The van der Waals surface area contributed by atoms with Crippen LogP contribution in [0.25, 0.3) is 11.4 Å². The Bertz CT molecular complexity index is 566. The van der Waals surface area contributed by atoms with Crippen molar-refractivity contribution in [1.82, 2.24) is 15.1 Å². The molecule has 2 unspecified atom stereocenters. The normalized spacial score (nSPS) is 23.5. The third kappa shape index (κ3) is 2.38. The number of nitrogens with two attached hydrogens (primary N) is 1. The van der Waals surface area contributed by atoms with Crippen LogP contribution in [0, 0.1) is 6.92 Å². The van der Waals surface area contributed by atoms with Gasteiger partial charge in [-0.25, -0.2) is 0 Å². The summed E-state index contributed by atoms with van der Waals surface area (Å²) in [5.41, 5.74) is 8.16. The van der Waals surface area contributed by atoms with Crippen LogP contribution in [0.15, 0.2) is 23.0 Å². The second kappa shape index (κ2) is 5.09. The summed E-state index contributed by atoms with van der Waals surface area (Å²) in [4.78, 5) is 8.60. The largest absolute Gasteiger partial charge is 0.339 e. The Balaban J connectivity index is 1.89. The second-order valence-corrected chi connectivity index (χ2v) is 5.20. The zero-order valence-electron chi connectivity index (χ0n) is 11.0. The highest BCUT2D eigenvalue weighted by molar-refractivity contribution is 5.58. The van der Waals surface area contributed by atoms with E-state index in [4.69, 9.17) is 10.3 Å². The van der Waals surface area contributed by atoms with E-state index < -0.39 is 0 Å². The Morgan fingerprint density at radius 3 is 2.95 bits per heavy atom. The summed E-state index contributed by atoms with van der Waals surface area (Å²) in [5, 5.41) is 4.09. The molecule has 1 saturated carbocycles. The van der Waals surface area contributed by atoms with Crippen molar-refractivity contribution in [2.24, 2.45) is 5.73 Å². The maximum atomic E-state index is 6.15. The Kier molecular flexibility index (Phi) is 3.29. The highest BCUT2D eigenvalue weighted by Gasteiger charge is 2.28. The predicted molar refractivity (Wildman–Crippen MR) is 71.5 cm³/mol. The van der Waals surface area contributed by atoms with Gasteiger partial charge in [0.1, 0.15) is 0 Å². The lowest BCUT2D eigenvalue weighted by Gasteiger charge is -2.25. The molecule has 1 aliphatic rings. The Labute approximate surface area is 112 Å². The van der Waals surface area contributed by atoms with E-state index >= 15 is 0 Å². The standard InChI is InChI=1S/C14H18N4O/c1-9-8-16-7-6-10(9)13-17-14(19-18-13)11-4-2-3-5-12(11)15/h6-8,11-12H,2-5,15H2,1H3. The highest BCUT2D eigenvalue weighted by Crippen LogP contribution is 2.32. The minimum Gasteiger partial charge on any atom is -0.339 e. The maximum Gasteiger partial charge on any atom is 0.231 e. The first kappa shape index (κ1) is 12.3. The maximum absolute atomic E-state index is 6.15. The van der Waals surface area contributed by atoms with Crippen LogP contribution in [-0.2, 0) is 0 Å². The number of hydrogen-bond acceptors (Lipinski definition) is 5. The Morgan fingerprint density at radius 1 is 1.32 bits per heavy atom. The van der Waals surface area contributed by atoms with Crippen molar-refractivity contribution < 1.29 is 4.52 Å². The van der Waals surface area contributed by atoms with E-state index in [9.17, 15) is 0 Å². The third-order valence-corrected chi connectivity index (χ3v) is 3.84. The van der Waals surface area contributed by atoms with Gasteiger partial charge in [0.15, 0.2) is 0 Å². The quantitative estimate of drug-likeness (QED) is 0.895. The lowest BCUT2D eigenvalue weighted by atomic mass is 9.85. The van der Waals surface area contributed by atoms with Gasteiger partial charge in [-0.15, -0.1) is 0 Å². The van der Waals surface area contributed by atoms with Gasteiger partial charge < -0.3 is 10.3 Å². The fourth-order valence-electron chi connectivity index (χ4n) is 2.69. The van der Waals surface area contributed by atoms with Crippen molar-refractivity contribution in [2.75, 3.05) is 0 Å². The molecule has 0 aromatic carbocycles. The minimum absolute atomic E-state index is 0.139. The zero-order chi connectivity index (χ0) is 13.2. The molecule has 1 aliphatic carbocycles. The molecule has 2 aromatic heterocycles. The summed E-state index contributed by atoms with van der Waals surface area (Å²) in [6, 6.07) is 2.05. The van der Waals surface area contributed by atoms with E-state index in [0.29, 0.717) is 11.7 Å². The number of hydrogen-bond donors (Lipinski definition) is 1. The van der Waals surface area contributed by atoms with Gasteiger partial charge in [0.2, 0.25) is 11.7 Å². The molecule has 2 aromatic rings. The molecule has 0 radical (unpaired) electrons. The first-order chi connectivity index (χ1) is 9.25. The van der Waals surface area contributed by atoms with E-state index in [2.05, 4.69) is 15.1 Å². The molecule has 1 fully saturated rings. The Morgan fingerprint density at radius 2 is 2.16 bits per heavy atom. The smallest absolute Gasteiger partial charge is 0.231 e. The number of rotatable bonds is 2. The fraction of sp³-hybridized carbons (Fsp3) is 0.500. The molecule has 0 aliphatic heterocycles. The molecule has 5 nitrogen and oxygen atoms in total. The monoisotopic (exact) mass is 258 g/mol. The molecule has 19 heavy (non-hydrogen) atoms. The van der Waals surface area contributed by atoms with Gasteiger partial charge in [0.05, 0.1) is 5.92 Å². The molecule has 0 amide bonds. The van der Waals surface area contributed by atoms with Crippen LogP contribution in [0.5, 0.6) is 0 Å². The van der Waals surface area contributed by atoms with Gasteiger partial charge >= 0.3 is 0 Å². The molecule has 3 rings (SSSR count). The Hall–Kier alpha value is -1.75. The molecule has 0 bridgehead atoms. The van der Waals surface area contributed by atoms with Crippen molar-refractivity contribution in [3.05, 3.63) is 29.9 Å². The van der Waals surface area contributed by atoms with Gasteiger partial charge in [-0.1, -0.05) is 18.0 Å². The second-order valence-electron chi connectivity index (χ2n) is 5.20. The molecular weight excluding hydrogens is 240 g/mol. The molecular formula is C14H18N4O. The predicted octanol–water partition coefficient (Wildman–Crippen LogP) is 2.42. The van der Waals surface area contributed by atoms with E-state index in [0.717, 1.165) is 24.0 Å². The summed E-state index contributed by atoms with van der Waals surface area (Å²) in [6.07, 6.45) is 8.00. The SMILES string of the molecule is Cc1cnccc1-c1noc(C2CCCCC2N)n1. The van der Waals surface area contributed by atoms with Gasteiger partial charge in [0.25, 0.3) is 0 Å². The average Bonchev–Trinajstić information content (AvgIpc) is 2.89. The molecule has 0 spiro atoms. The molecule has 100 valence electrons. The molecule has 0 saturated heterocycles. The summed E-state index contributed by atoms with van der Waals surface area (Å²) in [5.74, 6) is 1.52. The van der Waals surface area contributed by atoms with Crippen LogP contribution in [0.1, 0.15) is 43.1 Å². The molecule has 2 atom stereocenters. The first-order valence-electron chi connectivity index (χ1n) is 6.76. The molecule has 2 N–H and O–H groups in total. The fourth-order valence-corrected chi connectivity index (χ4v) is 2.69. The third-order valence-electron chi connectivity index (χ3n) is 3.84. The van der Waals surface area contributed by atoms with Crippen molar-refractivity contribution in [1.29, 1.82) is 0 Å². The minimum atomic E-state index is 0.139. The molecule has 5 heteroatoms. The van der Waals surface area contributed by atoms with Crippen LogP contribution >= 0.6 is 0 Å². The number of nitrogens with zero attached hydrogens (tertiary/aromatic N) is 3. The summed E-state index contributed by atoms with van der Waals surface area (Å²) in [7, 11) is 0. The van der Waals surface area contributed by atoms with Crippen LogP contribution in [-0.4, -0.2) is 21.2 Å². The number of pyridine rings is 1. The van der Waals surface area contributed by atoms with Gasteiger partial charge in [-0.3, -0.25) is 4.98 Å². The van der Waals surface area contributed by atoms with Gasteiger partial charge in [0, 0.05) is 24.0 Å². The van der Waals surface area contributed by atoms with Crippen molar-refractivity contribution in [2.45, 2.75) is 44.6 Å². The zero-order valence-corrected chi connectivity index (χ0v) is 11.0. The lowest BCUT2D eigenvalue weighted by molar-refractivity contribution is 0.290. The van der Waals surface area contributed by atoms with Crippen LogP contribution in [0.2, 0.25) is 0 Å². The van der Waals surface area contributed by atoms with Crippen LogP contribution in [0.3, 0.4) is 0 Å². The number of aromatic nitrogens is 3. The van der Waals surface area contributed by atoms with Crippen molar-refractivity contribution in [3.63, 3.8) is 0 Å². The topological polar surface area (TPSA) is 77.8 Å². The highest BCUT2D eigenvalue weighted by atomic mass is 16.5. The average molecular weight is 258 g/mol. The van der Waals surface area contributed by atoms with Gasteiger partial charge in [-0.05, 0) is 31.4 Å². The molecule has 2 heterocycles. The summed E-state index contributed by atoms with van der Waals surface area (Å²) in [6.45, 7) is 1.99. The summed E-state index contributed by atoms with van der Waals surface area (Å²) >= 11 is 0. The van der Waals surface area contributed by atoms with E-state index in [-0.39, 0.29) is 12.0 Å². The first-order valence-corrected chi connectivity index (χ1v) is 6.76. The van der Waals surface area contributed by atoms with Crippen LogP contribution in [0.4, 0.5) is 0 Å². The number of aryl methyl sites for hydroxylation is 1. The van der Waals surface area contributed by atoms with Crippen molar-refractivity contribution >= 4 is 0 Å². The van der Waals surface area contributed by atoms with E-state index in [1.807, 2.05) is 13.0 Å². The van der Waals surface area contributed by atoms with Crippen LogP contribution < -0.4 is 5.73 Å². The van der Waals surface area contributed by atoms with E-state index in [1.54, 1.807) is 12.4 Å². The van der Waals surface area contributed by atoms with Gasteiger partial charge in [-0.2, -0.15) is 4.98 Å². The van der Waals surface area contributed by atoms with Crippen molar-refractivity contribution in [3.8, 4) is 11.4 Å². The van der Waals surface area contributed by atoms with E-state index in [1.165, 1.54) is 12.8 Å².